The van der Waals surface area contributed by atoms with E-state index in [1.54, 1.807) is 11.0 Å². The van der Waals surface area contributed by atoms with Crippen molar-refractivity contribution in [2.45, 2.75) is 39.3 Å². The lowest BCUT2D eigenvalue weighted by molar-refractivity contribution is 0.0642. The number of nitrogens with one attached hydrogen (secondary N) is 1. The molecule has 0 radical (unpaired) electrons. The Hall–Kier alpha value is -2.14. The summed E-state index contributed by atoms with van der Waals surface area (Å²) in [6.45, 7) is 4.53. The Bertz CT molecular complexity index is 595. The highest BCUT2D eigenvalue weighted by atomic mass is 16.3. The SMILES string of the molecule is CCc1cc(C(=O)N(Cc2ccccc2)C(C)CCO)n[nH]1. The summed E-state index contributed by atoms with van der Waals surface area (Å²) in [7, 11) is 0. The van der Waals surface area contributed by atoms with Gasteiger partial charge in [-0.15, -0.1) is 0 Å². The van der Waals surface area contributed by atoms with E-state index in [4.69, 9.17) is 0 Å². The molecule has 0 aliphatic heterocycles. The number of rotatable bonds is 7. The molecule has 0 bridgehead atoms. The first-order valence-corrected chi connectivity index (χ1v) is 7.65. The van der Waals surface area contributed by atoms with Crippen LogP contribution in [0.2, 0.25) is 0 Å². The van der Waals surface area contributed by atoms with Gasteiger partial charge in [-0.25, -0.2) is 0 Å². The molecule has 5 nitrogen and oxygen atoms in total. The fourth-order valence-corrected chi connectivity index (χ4v) is 2.35. The lowest BCUT2D eigenvalue weighted by atomic mass is 10.1. The number of hydrogen-bond acceptors (Lipinski definition) is 3. The van der Waals surface area contributed by atoms with Crippen LogP contribution in [0.1, 0.15) is 42.0 Å². The number of aliphatic hydroxyl groups excluding tert-OH is 1. The average molecular weight is 301 g/mol. The first-order valence-electron chi connectivity index (χ1n) is 7.65. The van der Waals surface area contributed by atoms with E-state index in [-0.39, 0.29) is 18.6 Å². The topological polar surface area (TPSA) is 69.2 Å². The molecule has 1 heterocycles. The molecule has 0 saturated heterocycles. The van der Waals surface area contributed by atoms with Crippen molar-refractivity contribution in [3.05, 3.63) is 53.3 Å². The number of hydrogen-bond donors (Lipinski definition) is 2. The highest BCUT2D eigenvalue weighted by Crippen LogP contribution is 2.15. The first-order chi connectivity index (χ1) is 10.7. The normalized spacial score (nSPS) is 12.1. The van der Waals surface area contributed by atoms with Gasteiger partial charge in [0.05, 0.1) is 0 Å². The second kappa shape index (κ2) is 7.75. The van der Waals surface area contributed by atoms with Gasteiger partial charge in [0.2, 0.25) is 0 Å². The number of aromatic amines is 1. The molecule has 1 amide bonds. The van der Waals surface area contributed by atoms with Crippen molar-refractivity contribution in [2.75, 3.05) is 6.61 Å². The molecule has 1 unspecified atom stereocenters. The molecule has 5 heteroatoms. The van der Waals surface area contributed by atoms with Crippen LogP contribution in [-0.4, -0.2) is 38.8 Å². The Labute approximate surface area is 131 Å². The molecule has 1 atom stereocenters. The van der Waals surface area contributed by atoms with E-state index in [2.05, 4.69) is 10.2 Å². The molecule has 118 valence electrons. The third-order valence-electron chi connectivity index (χ3n) is 3.77. The molecule has 2 N–H and O–H groups in total. The number of carbonyl (C=O) groups excluding carboxylic acids is 1. The predicted octanol–water partition coefficient (Wildman–Crippen LogP) is 2.39. The molecule has 0 spiro atoms. The minimum Gasteiger partial charge on any atom is -0.396 e. The van der Waals surface area contributed by atoms with Crippen LogP contribution >= 0.6 is 0 Å². The third-order valence-corrected chi connectivity index (χ3v) is 3.77. The van der Waals surface area contributed by atoms with Crippen LogP contribution in [0.3, 0.4) is 0 Å². The minimum absolute atomic E-state index is 0.0560. The summed E-state index contributed by atoms with van der Waals surface area (Å²) in [5.74, 6) is -0.110. The van der Waals surface area contributed by atoms with E-state index in [1.807, 2.05) is 44.2 Å². The molecule has 0 fully saturated rings. The predicted molar refractivity (Wildman–Crippen MR) is 85.4 cm³/mol. The lowest BCUT2D eigenvalue weighted by Gasteiger charge is -2.28. The monoisotopic (exact) mass is 301 g/mol. The maximum absolute atomic E-state index is 12.8. The van der Waals surface area contributed by atoms with E-state index in [0.29, 0.717) is 18.7 Å². The molecule has 0 aliphatic rings. The molecule has 22 heavy (non-hydrogen) atoms. The lowest BCUT2D eigenvalue weighted by Crippen LogP contribution is -2.38. The number of aryl methyl sites for hydroxylation is 1. The Morgan fingerprint density at radius 1 is 1.36 bits per heavy atom. The zero-order chi connectivity index (χ0) is 15.9. The van der Waals surface area contributed by atoms with Gasteiger partial charge < -0.3 is 10.0 Å². The molecular formula is C17H23N3O2. The molecule has 2 aromatic rings. The Kier molecular flexibility index (Phi) is 5.72. The van der Waals surface area contributed by atoms with Gasteiger partial charge >= 0.3 is 0 Å². The molecule has 1 aromatic carbocycles. The van der Waals surface area contributed by atoms with Crippen LogP contribution in [0.5, 0.6) is 0 Å². The van der Waals surface area contributed by atoms with Crippen LogP contribution < -0.4 is 0 Å². The minimum atomic E-state index is -0.110. The quantitative estimate of drug-likeness (QED) is 0.825. The van der Waals surface area contributed by atoms with Crippen molar-refractivity contribution in [2.24, 2.45) is 0 Å². The Morgan fingerprint density at radius 3 is 2.68 bits per heavy atom. The maximum atomic E-state index is 12.8. The molecule has 1 aromatic heterocycles. The second-order valence-electron chi connectivity index (χ2n) is 5.41. The van der Waals surface area contributed by atoms with Crippen LogP contribution in [0.25, 0.3) is 0 Å². The zero-order valence-corrected chi connectivity index (χ0v) is 13.1. The van der Waals surface area contributed by atoms with E-state index in [0.717, 1.165) is 17.7 Å². The molecule has 0 aliphatic carbocycles. The van der Waals surface area contributed by atoms with E-state index >= 15 is 0 Å². The van der Waals surface area contributed by atoms with Crippen LogP contribution in [-0.2, 0) is 13.0 Å². The summed E-state index contributed by atoms with van der Waals surface area (Å²) in [4.78, 5) is 14.5. The van der Waals surface area contributed by atoms with E-state index < -0.39 is 0 Å². The summed E-state index contributed by atoms with van der Waals surface area (Å²) in [6, 6.07) is 11.6. The maximum Gasteiger partial charge on any atom is 0.274 e. The van der Waals surface area contributed by atoms with Gasteiger partial charge in [0, 0.05) is 24.9 Å². The summed E-state index contributed by atoms with van der Waals surface area (Å²) in [6.07, 6.45) is 1.36. The van der Waals surface area contributed by atoms with Crippen molar-refractivity contribution in [1.82, 2.24) is 15.1 Å². The number of carbonyl (C=O) groups is 1. The Balaban J connectivity index is 2.21. The summed E-state index contributed by atoms with van der Waals surface area (Å²) in [5.41, 5.74) is 2.43. The average Bonchev–Trinajstić information content (AvgIpc) is 3.02. The molecule has 0 saturated carbocycles. The summed E-state index contributed by atoms with van der Waals surface area (Å²) < 4.78 is 0. The number of aliphatic hydroxyl groups is 1. The number of aromatic nitrogens is 2. The third kappa shape index (κ3) is 3.95. The van der Waals surface area contributed by atoms with Crippen molar-refractivity contribution in [1.29, 1.82) is 0 Å². The van der Waals surface area contributed by atoms with Gasteiger partial charge in [0.25, 0.3) is 5.91 Å². The second-order valence-corrected chi connectivity index (χ2v) is 5.41. The van der Waals surface area contributed by atoms with Crippen LogP contribution in [0.15, 0.2) is 36.4 Å². The van der Waals surface area contributed by atoms with Crippen molar-refractivity contribution < 1.29 is 9.90 Å². The fraction of sp³-hybridized carbons (Fsp3) is 0.412. The van der Waals surface area contributed by atoms with Gasteiger partial charge in [-0.2, -0.15) is 5.10 Å². The molecule has 2 rings (SSSR count). The highest BCUT2D eigenvalue weighted by molar-refractivity contribution is 5.92. The van der Waals surface area contributed by atoms with Gasteiger partial charge in [-0.1, -0.05) is 37.3 Å². The zero-order valence-electron chi connectivity index (χ0n) is 13.1. The largest absolute Gasteiger partial charge is 0.396 e. The number of H-pyrrole nitrogens is 1. The number of nitrogens with zero attached hydrogens (tertiary/aromatic N) is 2. The van der Waals surface area contributed by atoms with Gasteiger partial charge in [0.15, 0.2) is 0 Å². The van der Waals surface area contributed by atoms with Crippen molar-refractivity contribution >= 4 is 5.91 Å². The van der Waals surface area contributed by atoms with Crippen molar-refractivity contribution in [3.63, 3.8) is 0 Å². The van der Waals surface area contributed by atoms with Crippen molar-refractivity contribution in [3.8, 4) is 0 Å². The highest BCUT2D eigenvalue weighted by Gasteiger charge is 2.23. The van der Waals surface area contributed by atoms with Gasteiger partial charge in [0.1, 0.15) is 5.69 Å². The summed E-state index contributed by atoms with van der Waals surface area (Å²) in [5, 5.41) is 16.2. The van der Waals surface area contributed by atoms with Crippen LogP contribution in [0, 0.1) is 0 Å². The standard InChI is InChI=1S/C17H23N3O2/c1-3-15-11-16(19-18-15)17(22)20(13(2)9-10-21)12-14-7-5-4-6-8-14/h4-8,11,13,21H,3,9-10,12H2,1-2H3,(H,18,19). The van der Waals surface area contributed by atoms with E-state index in [1.165, 1.54) is 0 Å². The van der Waals surface area contributed by atoms with Gasteiger partial charge in [-0.3, -0.25) is 9.89 Å². The summed E-state index contributed by atoms with van der Waals surface area (Å²) >= 11 is 0. The molecular weight excluding hydrogens is 278 g/mol. The fourth-order valence-electron chi connectivity index (χ4n) is 2.35. The first kappa shape index (κ1) is 16.2. The van der Waals surface area contributed by atoms with Crippen LogP contribution in [0.4, 0.5) is 0 Å². The smallest absolute Gasteiger partial charge is 0.274 e. The Morgan fingerprint density at radius 2 is 2.09 bits per heavy atom. The number of amides is 1. The number of benzene rings is 1. The van der Waals surface area contributed by atoms with Gasteiger partial charge in [-0.05, 0) is 31.4 Å². The van der Waals surface area contributed by atoms with E-state index in [9.17, 15) is 9.90 Å².